The van der Waals surface area contributed by atoms with Crippen LogP contribution in [0.1, 0.15) is 40.4 Å². The molecule has 1 aromatic heterocycles. The minimum absolute atomic E-state index is 0.0158. The van der Waals surface area contributed by atoms with Crippen LogP contribution in [0.2, 0.25) is 0 Å². The normalized spacial score (nSPS) is 22.3. The lowest BCUT2D eigenvalue weighted by Gasteiger charge is -2.23. The summed E-state index contributed by atoms with van der Waals surface area (Å²) >= 11 is 0. The standard InChI is InChI=1S/C19H18N2O3/c1-21-13-9-15(16(22)10-13)18-14(19(21)23)7-8-17(20-18)24-11-12-5-3-2-4-6-12/h2-8,13,15H,9-11H2,1H3. The first kappa shape index (κ1) is 14.9. The van der Waals surface area contributed by atoms with Gasteiger partial charge in [0, 0.05) is 25.6 Å². The van der Waals surface area contributed by atoms with Crippen molar-refractivity contribution in [2.24, 2.45) is 0 Å². The van der Waals surface area contributed by atoms with Crippen LogP contribution in [-0.4, -0.2) is 34.7 Å². The first-order chi connectivity index (χ1) is 11.6. The van der Waals surface area contributed by atoms with Crippen molar-refractivity contribution in [3.8, 4) is 5.88 Å². The first-order valence-corrected chi connectivity index (χ1v) is 8.11. The number of nitrogens with zero attached hydrogens (tertiary/aromatic N) is 2. The fourth-order valence-corrected chi connectivity index (χ4v) is 3.49. The van der Waals surface area contributed by atoms with Crippen LogP contribution in [0.5, 0.6) is 5.88 Å². The molecule has 2 atom stereocenters. The molecule has 5 heteroatoms. The van der Waals surface area contributed by atoms with Gasteiger partial charge < -0.3 is 9.64 Å². The zero-order valence-electron chi connectivity index (χ0n) is 13.4. The summed E-state index contributed by atoms with van der Waals surface area (Å²) in [6, 6.07) is 13.2. The first-order valence-electron chi connectivity index (χ1n) is 8.11. The van der Waals surface area contributed by atoms with Crippen molar-refractivity contribution in [2.75, 3.05) is 7.05 Å². The van der Waals surface area contributed by atoms with Crippen molar-refractivity contribution in [2.45, 2.75) is 31.4 Å². The third-order valence-corrected chi connectivity index (χ3v) is 4.89. The Morgan fingerprint density at radius 2 is 1.96 bits per heavy atom. The fraction of sp³-hybridized carbons (Fsp3) is 0.316. The van der Waals surface area contributed by atoms with E-state index in [1.54, 1.807) is 24.1 Å². The summed E-state index contributed by atoms with van der Waals surface area (Å²) in [7, 11) is 1.76. The van der Waals surface area contributed by atoms with E-state index in [1.165, 1.54) is 0 Å². The van der Waals surface area contributed by atoms with E-state index in [0.29, 0.717) is 36.6 Å². The number of aromatic nitrogens is 1. The molecule has 24 heavy (non-hydrogen) atoms. The summed E-state index contributed by atoms with van der Waals surface area (Å²) in [5.41, 5.74) is 2.13. The summed E-state index contributed by atoms with van der Waals surface area (Å²) in [5, 5.41) is 0. The molecule has 122 valence electrons. The molecule has 2 heterocycles. The van der Waals surface area contributed by atoms with Gasteiger partial charge in [0.05, 0.1) is 17.2 Å². The molecule has 1 aliphatic heterocycles. The molecule has 4 rings (SSSR count). The predicted molar refractivity (Wildman–Crippen MR) is 87.9 cm³/mol. The lowest BCUT2D eigenvalue weighted by Crippen LogP contribution is -2.35. The minimum atomic E-state index is -0.292. The average molecular weight is 322 g/mol. The number of hydrogen-bond acceptors (Lipinski definition) is 4. The maximum Gasteiger partial charge on any atom is 0.255 e. The second-order valence-electron chi connectivity index (χ2n) is 6.39. The molecule has 2 bridgehead atoms. The van der Waals surface area contributed by atoms with E-state index in [1.807, 2.05) is 30.3 Å². The number of carbonyl (C=O) groups excluding carboxylic acids is 2. The number of ether oxygens (including phenoxy) is 1. The van der Waals surface area contributed by atoms with Gasteiger partial charge in [-0.2, -0.15) is 0 Å². The van der Waals surface area contributed by atoms with Crippen molar-refractivity contribution in [1.82, 2.24) is 9.88 Å². The van der Waals surface area contributed by atoms with Gasteiger partial charge in [0.2, 0.25) is 5.88 Å². The van der Waals surface area contributed by atoms with Gasteiger partial charge in [-0.3, -0.25) is 9.59 Å². The van der Waals surface area contributed by atoms with Crippen molar-refractivity contribution in [3.63, 3.8) is 0 Å². The number of benzene rings is 1. The van der Waals surface area contributed by atoms with E-state index in [0.717, 1.165) is 5.56 Å². The van der Waals surface area contributed by atoms with Crippen LogP contribution in [0.15, 0.2) is 42.5 Å². The number of Topliss-reactive ketones (excluding diaryl/α,β-unsaturated/α-hetero) is 1. The SMILES string of the molecule is CN1C(=O)c2ccc(OCc3ccccc3)nc2C2CC1CC2=O. The molecule has 0 radical (unpaired) electrons. The number of carbonyl (C=O) groups is 2. The Morgan fingerprint density at radius 1 is 1.17 bits per heavy atom. The molecule has 1 amide bonds. The molecule has 0 saturated heterocycles. The smallest absolute Gasteiger partial charge is 0.255 e. The second-order valence-corrected chi connectivity index (χ2v) is 6.39. The lowest BCUT2D eigenvalue weighted by atomic mass is 9.98. The largest absolute Gasteiger partial charge is 0.473 e. The van der Waals surface area contributed by atoms with Crippen molar-refractivity contribution < 1.29 is 14.3 Å². The zero-order valence-corrected chi connectivity index (χ0v) is 13.4. The second kappa shape index (κ2) is 5.74. The van der Waals surface area contributed by atoms with Gasteiger partial charge in [-0.25, -0.2) is 4.98 Å². The monoisotopic (exact) mass is 322 g/mol. The summed E-state index contributed by atoms with van der Waals surface area (Å²) in [5.74, 6) is 0.255. The van der Waals surface area contributed by atoms with Crippen molar-refractivity contribution in [3.05, 3.63) is 59.3 Å². The number of amides is 1. The maximum atomic E-state index is 12.6. The third-order valence-electron chi connectivity index (χ3n) is 4.89. The molecule has 1 aromatic carbocycles. The number of hydrogen-bond donors (Lipinski definition) is 0. The topological polar surface area (TPSA) is 59.5 Å². The maximum absolute atomic E-state index is 12.6. The Labute approximate surface area is 140 Å². The van der Waals surface area contributed by atoms with E-state index in [9.17, 15) is 9.59 Å². The highest BCUT2D eigenvalue weighted by molar-refractivity contribution is 6.01. The van der Waals surface area contributed by atoms with Gasteiger partial charge in [0.15, 0.2) is 0 Å². The summed E-state index contributed by atoms with van der Waals surface area (Å²) in [6.45, 7) is 0.404. The molecule has 1 aliphatic carbocycles. The van der Waals surface area contributed by atoms with E-state index < -0.39 is 0 Å². The number of rotatable bonds is 3. The van der Waals surface area contributed by atoms with E-state index in [2.05, 4.69) is 4.98 Å². The molecule has 2 aromatic rings. The van der Waals surface area contributed by atoms with E-state index in [-0.39, 0.29) is 23.7 Å². The summed E-state index contributed by atoms with van der Waals surface area (Å²) in [6.07, 6.45) is 1.08. The van der Waals surface area contributed by atoms with Crippen molar-refractivity contribution in [1.29, 1.82) is 0 Å². The van der Waals surface area contributed by atoms with Crippen LogP contribution in [0.4, 0.5) is 0 Å². The molecule has 0 N–H and O–H groups in total. The van der Waals surface area contributed by atoms with Crippen LogP contribution >= 0.6 is 0 Å². The van der Waals surface area contributed by atoms with Crippen LogP contribution in [-0.2, 0) is 11.4 Å². The van der Waals surface area contributed by atoms with Crippen LogP contribution < -0.4 is 4.74 Å². The molecule has 2 unspecified atom stereocenters. The molecule has 5 nitrogen and oxygen atoms in total. The van der Waals surface area contributed by atoms with Gasteiger partial charge in [0.25, 0.3) is 5.91 Å². The van der Waals surface area contributed by atoms with E-state index in [4.69, 9.17) is 4.74 Å². The molecule has 2 aliphatic rings. The predicted octanol–water partition coefficient (Wildman–Crippen LogP) is 2.56. The molecule has 1 fully saturated rings. The Balaban J connectivity index is 1.64. The molecule has 1 saturated carbocycles. The minimum Gasteiger partial charge on any atom is -0.473 e. The highest BCUT2D eigenvalue weighted by Gasteiger charge is 2.43. The Kier molecular flexibility index (Phi) is 3.56. The highest BCUT2D eigenvalue weighted by atomic mass is 16.5. The van der Waals surface area contributed by atoms with Crippen LogP contribution in [0.25, 0.3) is 0 Å². The number of ketones is 1. The van der Waals surface area contributed by atoms with E-state index >= 15 is 0 Å². The zero-order chi connectivity index (χ0) is 16.7. The molecule has 0 spiro atoms. The van der Waals surface area contributed by atoms with Crippen LogP contribution in [0, 0.1) is 0 Å². The summed E-state index contributed by atoms with van der Waals surface area (Å²) < 4.78 is 5.76. The van der Waals surface area contributed by atoms with Gasteiger partial charge in [-0.15, -0.1) is 0 Å². The third kappa shape index (κ3) is 2.46. The Hall–Kier alpha value is -2.69. The summed E-state index contributed by atoms with van der Waals surface area (Å²) in [4.78, 5) is 31.0. The fourth-order valence-electron chi connectivity index (χ4n) is 3.49. The van der Waals surface area contributed by atoms with Gasteiger partial charge in [-0.1, -0.05) is 30.3 Å². The molecular formula is C19H18N2O3. The molecular weight excluding hydrogens is 304 g/mol. The lowest BCUT2D eigenvalue weighted by molar-refractivity contribution is -0.118. The van der Waals surface area contributed by atoms with Gasteiger partial charge in [0.1, 0.15) is 12.4 Å². The quantitative estimate of drug-likeness (QED) is 0.871. The number of fused-ring (bicyclic) bond motifs is 4. The highest BCUT2D eigenvalue weighted by Crippen LogP contribution is 2.39. The van der Waals surface area contributed by atoms with Crippen molar-refractivity contribution >= 4 is 11.7 Å². The Morgan fingerprint density at radius 3 is 2.75 bits per heavy atom. The number of pyridine rings is 1. The average Bonchev–Trinajstić information content (AvgIpc) is 2.97. The van der Waals surface area contributed by atoms with Gasteiger partial charge >= 0.3 is 0 Å². The van der Waals surface area contributed by atoms with Crippen LogP contribution in [0.3, 0.4) is 0 Å². The Bertz CT molecular complexity index is 804. The van der Waals surface area contributed by atoms with Gasteiger partial charge in [-0.05, 0) is 18.1 Å².